The Balaban J connectivity index is 3.34. The first kappa shape index (κ1) is 11.6. The quantitative estimate of drug-likeness (QED) is 0.439. The standard InChI is InChI=1S/C6H14O3S2/c7-1-6(4-11)9-2-5(8)3-10/h5-8,10-11H,1-4H2. The molecule has 68 valence electrons. The van der Waals surface area contributed by atoms with Crippen LogP contribution in [0.25, 0.3) is 0 Å². The predicted molar refractivity (Wildman–Crippen MR) is 50.5 cm³/mol. The minimum atomic E-state index is -0.563. The largest absolute Gasteiger partial charge is 0.394 e. The second kappa shape index (κ2) is 7.24. The molecule has 0 rings (SSSR count). The molecule has 2 unspecified atom stereocenters. The molecule has 0 spiro atoms. The third-order valence-electron chi connectivity index (χ3n) is 1.14. The molecule has 2 atom stereocenters. The molecular formula is C6H14O3S2. The highest BCUT2D eigenvalue weighted by Crippen LogP contribution is 1.96. The molecular weight excluding hydrogens is 184 g/mol. The van der Waals surface area contributed by atoms with Crippen LogP contribution in [0.1, 0.15) is 0 Å². The predicted octanol–water partition coefficient (Wildman–Crippen LogP) is -0.416. The Morgan fingerprint density at radius 2 is 1.91 bits per heavy atom. The van der Waals surface area contributed by atoms with Crippen molar-refractivity contribution in [2.45, 2.75) is 12.2 Å². The lowest BCUT2D eigenvalue weighted by molar-refractivity contribution is -0.0139. The van der Waals surface area contributed by atoms with Gasteiger partial charge in [-0.25, -0.2) is 0 Å². The molecule has 0 aliphatic heterocycles. The molecule has 0 aromatic carbocycles. The van der Waals surface area contributed by atoms with Crippen LogP contribution in [0.3, 0.4) is 0 Å². The van der Waals surface area contributed by atoms with Crippen LogP contribution in [-0.2, 0) is 4.74 Å². The number of rotatable bonds is 6. The van der Waals surface area contributed by atoms with E-state index < -0.39 is 6.10 Å². The zero-order valence-electron chi connectivity index (χ0n) is 6.18. The Labute approximate surface area is 77.6 Å². The highest BCUT2D eigenvalue weighted by atomic mass is 32.1. The van der Waals surface area contributed by atoms with E-state index in [9.17, 15) is 0 Å². The summed E-state index contributed by atoms with van der Waals surface area (Å²) in [7, 11) is 0. The van der Waals surface area contributed by atoms with Crippen LogP contribution in [0.5, 0.6) is 0 Å². The van der Waals surface area contributed by atoms with Gasteiger partial charge in [-0.05, 0) is 0 Å². The molecule has 0 heterocycles. The average Bonchev–Trinajstić information content (AvgIpc) is 2.06. The van der Waals surface area contributed by atoms with Crippen LogP contribution >= 0.6 is 25.3 Å². The number of hydrogen-bond donors (Lipinski definition) is 4. The zero-order valence-corrected chi connectivity index (χ0v) is 7.97. The SMILES string of the molecule is OCC(CS)OCC(O)CS. The Bertz CT molecular complexity index is 87.9. The molecule has 0 saturated heterocycles. The lowest BCUT2D eigenvalue weighted by Gasteiger charge is -2.14. The Morgan fingerprint density at radius 1 is 1.27 bits per heavy atom. The summed E-state index contributed by atoms with van der Waals surface area (Å²) in [6.45, 7) is 0.137. The van der Waals surface area contributed by atoms with Crippen LogP contribution in [0.4, 0.5) is 0 Å². The van der Waals surface area contributed by atoms with Crippen molar-refractivity contribution >= 4 is 25.3 Å². The van der Waals surface area contributed by atoms with Crippen LogP contribution in [0.2, 0.25) is 0 Å². The van der Waals surface area contributed by atoms with Crippen molar-refractivity contribution in [3.05, 3.63) is 0 Å². The van der Waals surface area contributed by atoms with Gasteiger partial charge in [0.1, 0.15) is 0 Å². The fourth-order valence-corrected chi connectivity index (χ4v) is 0.789. The van der Waals surface area contributed by atoms with Gasteiger partial charge < -0.3 is 14.9 Å². The van der Waals surface area contributed by atoms with Gasteiger partial charge in [0.2, 0.25) is 0 Å². The highest BCUT2D eigenvalue weighted by Gasteiger charge is 2.07. The maximum atomic E-state index is 8.99. The van der Waals surface area contributed by atoms with E-state index in [0.717, 1.165) is 0 Å². The molecule has 0 bridgehead atoms. The van der Waals surface area contributed by atoms with Gasteiger partial charge in [0.05, 0.1) is 25.4 Å². The highest BCUT2D eigenvalue weighted by molar-refractivity contribution is 7.80. The van der Waals surface area contributed by atoms with Crippen LogP contribution in [-0.4, -0.2) is 47.1 Å². The maximum Gasteiger partial charge on any atom is 0.0894 e. The molecule has 0 aliphatic rings. The Kier molecular flexibility index (Phi) is 7.62. The normalized spacial score (nSPS) is 16.4. The Morgan fingerprint density at radius 3 is 2.27 bits per heavy atom. The first-order chi connectivity index (χ1) is 5.24. The lowest BCUT2D eigenvalue weighted by Crippen LogP contribution is -2.26. The van der Waals surface area contributed by atoms with Crippen LogP contribution in [0.15, 0.2) is 0 Å². The number of ether oxygens (including phenoxy) is 1. The van der Waals surface area contributed by atoms with Crippen molar-refractivity contribution < 1.29 is 14.9 Å². The second-order valence-corrected chi connectivity index (χ2v) is 2.89. The Hall–Kier alpha value is 0.580. The topological polar surface area (TPSA) is 49.7 Å². The molecule has 2 N–H and O–H groups in total. The zero-order chi connectivity index (χ0) is 8.69. The summed E-state index contributed by atoms with van der Waals surface area (Å²) in [5.41, 5.74) is 0. The van der Waals surface area contributed by atoms with Gasteiger partial charge in [0, 0.05) is 11.5 Å². The molecule has 5 heteroatoms. The van der Waals surface area contributed by atoms with Crippen molar-refractivity contribution in [2.24, 2.45) is 0 Å². The minimum absolute atomic E-state index is 0.0667. The molecule has 0 fully saturated rings. The summed E-state index contributed by atoms with van der Waals surface area (Å²) >= 11 is 7.81. The van der Waals surface area contributed by atoms with Crippen molar-refractivity contribution in [3.63, 3.8) is 0 Å². The van der Waals surface area contributed by atoms with E-state index in [1.54, 1.807) is 0 Å². The summed E-state index contributed by atoms with van der Waals surface area (Å²) in [5.74, 6) is 0.820. The molecule has 0 saturated carbocycles. The van der Waals surface area contributed by atoms with Gasteiger partial charge in [0.25, 0.3) is 0 Å². The van der Waals surface area contributed by atoms with Crippen LogP contribution in [0, 0.1) is 0 Å². The van der Waals surface area contributed by atoms with Crippen molar-refractivity contribution in [1.82, 2.24) is 0 Å². The van der Waals surface area contributed by atoms with Gasteiger partial charge in [-0.3, -0.25) is 0 Å². The van der Waals surface area contributed by atoms with E-state index in [2.05, 4.69) is 25.3 Å². The molecule has 0 amide bonds. The van der Waals surface area contributed by atoms with Crippen LogP contribution < -0.4 is 0 Å². The van der Waals surface area contributed by atoms with Gasteiger partial charge in [-0.2, -0.15) is 25.3 Å². The summed E-state index contributed by atoms with van der Waals surface area (Å²) in [6, 6.07) is 0. The first-order valence-electron chi connectivity index (χ1n) is 3.36. The summed E-state index contributed by atoms with van der Waals surface area (Å²) in [4.78, 5) is 0. The third-order valence-corrected chi connectivity index (χ3v) is 1.97. The fourth-order valence-electron chi connectivity index (χ4n) is 0.463. The monoisotopic (exact) mass is 198 g/mol. The van der Waals surface area contributed by atoms with Gasteiger partial charge in [-0.15, -0.1) is 0 Å². The number of hydrogen-bond acceptors (Lipinski definition) is 5. The van der Waals surface area contributed by atoms with Gasteiger partial charge in [-0.1, -0.05) is 0 Å². The summed E-state index contributed by atoms with van der Waals surface area (Å²) in [5, 5.41) is 17.6. The molecule has 0 aromatic heterocycles. The second-order valence-electron chi connectivity index (χ2n) is 2.16. The minimum Gasteiger partial charge on any atom is -0.394 e. The molecule has 0 radical (unpaired) electrons. The fraction of sp³-hybridized carbons (Fsp3) is 1.00. The number of aliphatic hydroxyl groups is 2. The van der Waals surface area contributed by atoms with E-state index in [0.29, 0.717) is 11.5 Å². The van der Waals surface area contributed by atoms with Gasteiger partial charge in [0.15, 0.2) is 0 Å². The van der Waals surface area contributed by atoms with E-state index >= 15 is 0 Å². The van der Waals surface area contributed by atoms with Gasteiger partial charge >= 0.3 is 0 Å². The van der Waals surface area contributed by atoms with Crippen molar-refractivity contribution in [2.75, 3.05) is 24.7 Å². The first-order valence-corrected chi connectivity index (χ1v) is 4.63. The molecule has 3 nitrogen and oxygen atoms in total. The maximum absolute atomic E-state index is 8.99. The molecule has 0 aliphatic carbocycles. The van der Waals surface area contributed by atoms with Crippen molar-refractivity contribution in [1.29, 1.82) is 0 Å². The van der Waals surface area contributed by atoms with E-state index in [1.165, 1.54) is 0 Å². The summed E-state index contributed by atoms with van der Waals surface area (Å²) in [6.07, 6.45) is -0.847. The smallest absolute Gasteiger partial charge is 0.0894 e. The van der Waals surface area contributed by atoms with E-state index in [-0.39, 0.29) is 19.3 Å². The third kappa shape index (κ3) is 5.81. The van der Waals surface area contributed by atoms with E-state index in [4.69, 9.17) is 14.9 Å². The number of thiol groups is 2. The lowest BCUT2D eigenvalue weighted by atomic mass is 10.4. The molecule has 0 aromatic rings. The van der Waals surface area contributed by atoms with E-state index in [1.807, 2.05) is 0 Å². The summed E-state index contributed by atoms with van der Waals surface area (Å²) < 4.78 is 5.07. The number of aliphatic hydroxyl groups excluding tert-OH is 2. The van der Waals surface area contributed by atoms with Crippen molar-refractivity contribution in [3.8, 4) is 0 Å². The molecule has 11 heavy (non-hydrogen) atoms. The average molecular weight is 198 g/mol.